The first kappa shape index (κ1) is 10.9. The lowest BCUT2D eigenvalue weighted by atomic mass is 10.2. The first-order valence-corrected chi connectivity index (χ1v) is 5.21. The van der Waals surface area contributed by atoms with Gasteiger partial charge in [-0.2, -0.15) is 4.98 Å². The molecule has 0 aromatic carbocycles. The van der Waals surface area contributed by atoms with E-state index < -0.39 is 6.10 Å². The summed E-state index contributed by atoms with van der Waals surface area (Å²) in [5.41, 5.74) is 0.777. The Balaban J connectivity index is 2.35. The number of aliphatic hydroxyl groups is 1. The molecule has 0 radical (unpaired) electrons. The maximum absolute atomic E-state index is 9.56. The highest BCUT2D eigenvalue weighted by Gasteiger charge is 2.17. The van der Waals surface area contributed by atoms with Crippen molar-refractivity contribution in [3.05, 3.63) is 23.4 Å². The van der Waals surface area contributed by atoms with E-state index in [9.17, 15) is 5.11 Å². The summed E-state index contributed by atoms with van der Waals surface area (Å²) < 4.78 is 10.5. The highest BCUT2D eigenvalue weighted by Crippen LogP contribution is 2.26. The molecule has 0 amide bonds. The summed E-state index contributed by atoms with van der Waals surface area (Å²) in [4.78, 5) is 4.14. The van der Waals surface area contributed by atoms with Crippen LogP contribution in [0.15, 0.2) is 15.0 Å². The minimum absolute atomic E-state index is 0.316. The lowest BCUT2D eigenvalue weighted by molar-refractivity contribution is 0.159. The van der Waals surface area contributed by atoms with Gasteiger partial charge in [-0.1, -0.05) is 12.1 Å². The Morgan fingerprint density at radius 3 is 2.75 bits per heavy atom. The minimum atomic E-state index is -0.675. The average Bonchev–Trinajstić information content (AvgIpc) is 2.83. The molecule has 2 heterocycles. The van der Waals surface area contributed by atoms with E-state index in [0.717, 1.165) is 17.1 Å². The third-order valence-corrected chi connectivity index (χ3v) is 2.40. The van der Waals surface area contributed by atoms with Crippen molar-refractivity contribution in [2.24, 2.45) is 0 Å². The van der Waals surface area contributed by atoms with Crippen molar-refractivity contribution in [2.75, 3.05) is 0 Å². The van der Waals surface area contributed by atoms with Gasteiger partial charge in [0.25, 0.3) is 5.89 Å². The number of nitrogens with zero attached hydrogens (tertiary/aromatic N) is 2. The van der Waals surface area contributed by atoms with E-state index in [0.29, 0.717) is 18.1 Å². The molecule has 2 aromatic heterocycles. The van der Waals surface area contributed by atoms with E-state index >= 15 is 0 Å². The summed E-state index contributed by atoms with van der Waals surface area (Å²) in [5.74, 6) is 2.23. The molecule has 2 rings (SSSR count). The van der Waals surface area contributed by atoms with Crippen LogP contribution in [0.25, 0.3) is 11.5 Å². The van der Waals surface area contributed by atoms with E-state index in [4.69, 9.17) is 8.94 Å². The van der Waals surface area contributed by atoms with E-state index in [1.54, 1.807) is 0 Å². The van der Waals surface area contributed by atoms with Gasteiger partial charge < -0.3 is 14.0 Å². The third-order valence-electron chi connectivity index (χ3n) is 2.40. The molecule has 0 aliphatic heterocycles. The molecule has 0 saturated heterocycles. The molecule has 0 fully saturated rings. The van der Waals surface area contributed by atoms with Gasteiger partial charge >= 0.3 is 0 Å². The van der Waals surface area contributed by atoms with Crippen LogP contribution >= 0.6 is 0 Å². The molecule has 2 aromatic rings. The van der Waals surface area contributed by atoms with Gasteiger partial charge in [0.1, 0.15) is 17.6 Å². The number of hydrogen-bond donors (Lipinski definition) is 1. The summed E-state index contributed by atoms with van der Waals surface area (Å²) in [5, 5.41) is 13.3. The fourth-order valence-electron chi connectivity index (χ4n) is 1.51. The number of hydrogen-bond acceptors (Lipinski definition) is 5. The van der Waals surface area contributed by atoms with Gasteiger partial charge in [-0.3, -0.25) is 0 Å². The van der Waals surface area contributed by atoms with Crippen LogP contribution in [0.1, 0.15) is 36.8 Å². The van der Waals surface area contributed by atoms with Gasteiger partial charge in [-0.15, -0.1) is 0 Å². The van der Waals surface area contributed by atoms with Crippen LogP contribution < -0.4 is 0 Å². The topological polar surface area (TPSA) is 72.3 Å². The Bertz CT molecular complexity index is 487. The van der Waals surface area contributed by atoms with Crippen molar-refractivity contribution >= 4 is 0 Å². The fourth-order valence-corrected chi connectivity index (χ4v) is 1.51. The van der Waals surface area contributed by atoms with E-state index in [2.05, 4.69) is 10.1 Å². The number of aliphatic hydroxyl groups excluding tert-OH is 1. The standard InChI is InChI=1S/C11H14N2O3/c1-4-9(14)10-12-11(16-13-10)8-5-6(2)15-7(8)3/h5,9,14H,4H2,1-3H3. The lowest BCUT2D eigenvalue weighted by Gasteiger charge is -1.97. The summed E-state index contributed by atoms with van der Waals surface area (Å²) in [7, 11) is 0. The van der Waals surface area contributed by atoms with Crippen LogP contribution in [0.3, 0.4) is 0 Å². The number of aryl methyl sites for hydroxylation is 2. The van der Waals surface area contributed by atoms with Crippen molar-refractivity contribution in [1.82, 2.24) is 10.1 Å². The monoisotopic (exact) mass is 222 g/mol. The maximum Gasteiger partial charge on any atom is 0.261 e. The SMILES string of the molecule is CCC(O)c1noc(-c2cc(C)oc2C)n1. The Morgan fingerprint density at radius 2 is 2.19 bits per heavy atom. The predicted molar refractivity (Wildman–Crippen MR) is 56.7 cm³/mol. The van der Waals surface area contributed by atoms with Crippen molar-refractivity contribution in [3.8, 4) is 11.5 Å². The van der Waals surface area contributed by atoms with Crippen molar-refractivity contribution in [2.45, 2.75) is 33.3 Å². The molecule has 1 atom stereocenters. The highest BCUT2D eigenvalue weighted by molar-refractivity contribution is 5.56. The molecule has 0 saturated carbocycles. The highest BCUT2D eigenvalue weighted by atomic mass is 16.5. The molecule has 1 N–H and O–H groups in total. The van der Waals surface area contributed by atoms with Gasteiger partial charge in [-0.25, -0.2) is 0 Å². The number of aromatic nitrogens is 2. The van der Waals surface area contributed by atoms with Crippen LogP contribution in [-0.2, 0) is 0 Å². The predicted octanol–water partition coefficient (Wildman–Crippen LogP) is 2.39. The van der Waals surface area contributed by atoms with Crippen molar-refractivity contribution in [3.63, 3.8) is 0 Å². The molecule has 16 heavy (non-hydrogen) atoms. The molecule has 86 valence electrons. The molecule has 0 bridgehead atoms. The zero-order chi connectivity index (χ0) is 11.7. The summed E-state index contributed by atoms with van der Waals surface area (Å²) in [6, 6.07) is 1.84. The Kier molecular flexibility index (Phi) is 2.78. The molecule has 0 spiro atoms. The molecule has 0 aliphatic rings. The van der Waals surface area contributed by atoms with E-state index in [-0.39, 0.29) is 0 Å². The van der Waals surface area contributed by atoms with Gasteiger partial charge in [-0.05, 0) is 26.3 Å². The Labute approximate surface area is 93.1 Å². The molecule has 5 heteroatoms. The van der Waals surface area contributed by atoms with Crippen LogP contribution in [0.2, 0.25) is 0 Å². The van der Waals surface area contributed by atoms with Crippen LogP contribution in [0.4, 0.5) is 0 Å². The molecular weight excluding hydrogens is 208 g/mol. The Hall–Kier alpha value is -1.62. The normalized spacial score (nSPS) is 13.0. The molecular formula is C11H14N2O3. The third kappa shape index (κ3) is 1.86. The van der Waals surface area contributed by atoms with Gasteiger partial charge in [0, 0.05) is 0 Å². The fraction of sp³-hybridized carbons (Fsp3) is 0.455. The molecule has 1 unspecified atom stereocenters. The van der Waals surface area contributed by atoms with E-state index in [1.807, 2.05) is 26.8 Å². The number of rotatable bonds is 3. The smallest absolute Gasteiger partial charge is 0.261 e. The first-order valence-electron chi connectivity index (χ1n) is 5.21. The molecule has 5 nitrogen and oxygen atoms in total. The maximum atomic E-state index is 9.56. The second kappa shape index (κ2) is 4.09. The average molecular weight is 222 g/mol. The van der Waals surface area contributed by atoms with Crippen LogP contribution in [-0.4, -0.2) is 15.2 Å². The first-order chi connectivity index (χ1) is 7.61. The van der Waals surface area contributed by atoms with Gasteiger partial charge in [0.2, 0.25) is 5.82 Å². The van der Waals surface area contributed by atoms with Crippen molar-refractivity contribution in [1.29, 1.82) is 0 Å². The van der Waals surface area contributed by atoms with Crippen LogP contribution in [0.5, 0.6) is 0 Å². The van der Waals surface area contributed by atoms with Gasteiger partial charge in [0.05, 0.1) is 5.56 Å². The summed E-state index contributed by atoms with van der Waals surface area (Å²) in [6.07, 6.45) is -0.117. The quantitative estimate of drug-likeness (QED) is 0.863. The lowest BCUT2D eigenvalue weighted by Crippen LogP contribution is -1.97. The zero-order valence-electron chi connectivity index (χ0n) is 9.52. The van der Waals surface area contributed by atoms with Crippen molar-refractivity contribution < 1.29 is 14.0 Å². The van der Waals surface area contributed by atoms with Gasteiger partial charge in [0.15, 0.2) is 0 Å². The second-order valence-electron chi connectivity index (χ2n) is 3.71. The summed E-state index contributed by atoms with van der Waals surface area (Å²) >= 11 is 0. The number of furan rings is 1. The zero-order valence-corrected chi connectivity index (χ0v) is 9.52. The van der Waals surface area contributed by atoms with E-state index in [1.165, 1.54) is 0 Å². The molecule has 0 aliphatic carbocycles. The van der Waals surface area contributed by atoms with Crippen LogP contribution in [0, 0.1) is 13.8 Å². The second-order valence-corrected chi connectivity index (χ2v) is 3.71. The minimum Gasteiger partial charge on any atom is -0.466 e. The largest absolute Gasteiger partial charge is 0.466 e. The Morgan fingerprint density at radius 1 is 1.44 bits per heavy atom. The summed E-state index contributed by atoms with van der Waals surface area (Å²) in [6.45, 7) is 5.55.